The molecule has 0 aliphatic carbocycles. The molecule has 1 rings (SSSR count). The Kier molecular flexibility index (Phi) is 6.38. The van der Waals surface area contributed by atoms with Crippen molar-refractivity contribution >= 4 is 23.1 Å². The van der Waals surface area contributed by atoms with E-state index in [1.165, 1.54) is 0 Å². The summed E-state index contributed by atoms with van der Waals surface area (Å²) in [6, 6.07) is 3.47. The minimum absolute atomic E-state index is 0.0567. The molecule has 0 spiro atoms. The number of nitrogens with two attached hydrogens (primary N) is 1. The average Bonchev–Trinajstić information content (AvgIpc) is 2.38. The Morgan fingerprint density at radius 3 is 2.84 bits per heavy atom. The monoisotopic (exact) mass is 281 g/mol. The number of hydrogen-bond acceptors (Lipinski definition) is 4. The van der Waals surface area contributed by atoms with Crippen LogP contribution in [0.1, 0.15) is 22.5 Å². The number of aryl methyl sites for hydroxylation is 1. The van der Waals surface area contributed by atoms with Gasteiger partial charge in [-0.25, -0.2) is 0 Å². The molecule has 0 aromatic carbocycles. The molecule has 0 aliphatic heterocycles. The van der Waals surface area contributed by atoms with Crippen LogP contribution in [0.25, 0.3) is 0 Å². The predicted octanol–water partition coefficient (Wildman–Crippen LogP) is 1.15. The molecule has 1 heterocycles. The van der Waals surface area contributed by atoms with Crippen LogP contribution in [0.2, 0.25) is 0 Å². The Hall–Kier alpha value is -1.53. The van der Waals surface area contributed by atoms with Gasteiger partial charge >= 0.3 is 0 Å². The Morgan fingerprint density at radius 1 is 1.53 bits per heavy atom. The third kappa shape index (κ3) is 5.32. The fourth-order valence-electron chi connectivity index (χ4n) is 1.62. The van der Waals surface area contributed by atoms with Crippen molar-refractivity contribution in [3.05, 3.63) is 29.6 Å². The number of nitrogens with zero attached hydrogens (tertiary/aromatic N) is 2. The predicted molar refractivity (Wildman–Crippen MR) is 78.2 cm³/mol. The van der Waals surface area contributed by atoms with E-state index in [9.17, 15) is 4.79 Å². The van der Waals surface area contributed by atoms with Crippen LogP contribution < -0.4 is 5.73 Å². The van der Waals surface area contributed by atoms with Gasteiger partial charge in [0.15, 0.2) is 0 Å². The van der Waals surface area contributed by atoms with Gasteiger partial charge in [-0.3, -0.25) is 9.78 Å². The third-order valence-electron chi connectivity index (χ3n) is 2.62. The largest absolute Gasteiger partial charge is 0.393 e. The van der Waals surface area contributed by atoms with Gasteiger partial charge in [0.2, 0.25) is 0 Å². The van der Waals surface area contributed by atoms with Crippen molar-refractivity contribution in [2.45, 2.75) is 13.3 Å². The molecule has 1 aromatic heterocycles. The van der Waals surface area contributed by atoms with Crippen molar-refractivity contribution in [3.8, 4) is 0 Å². The zero-order chi connectivity index (χ0) is 14.3. The standard InChI is InChI=1S/C13H19N3O2S/c1-10-9-11(3-5-15-10)13(17)16(7-8-18-2)6-4-12(14)19/h3,5,9H,4,6-8H2,1-2H3,(H2,14,19). The number of aromatic nitrogens is 1. The van der Waals surface area contributed by atoms with Gasteiger partial charge in [-0.05, 0) is 19.1 Å². The normalized spacial score (nSPS) is 10.2. The average molecular weight is 281 g/mol. The Labute approximate surface area is 118 Å². The maximum Gasteiger partial charge on any atom is 0.254 e. The highest BCUT2D eigenvalue weighted by atomic mass is 32.1. The zero-order valence-electron chi connectivity index (χ0n) is 11.3. The first kappa shape index (κ1) is 15.5. The summed E-state index contributed by atoms with van der Waals surface area (Å²) in [6.45, 7) is 3.34. The van der Waals surface area contributed by atoms with Crippen molar-refractivity contribution in [2.75, 3.05) is 26.8 Å². The highest BCUT2D eigenvalue weighted by Gasteiger charge is 2.15. The number of thiocarbonyl (C=S) groups is 1. The lowest BCUT2D eigenvalue weighted by Crippen LogP contribution is -2.36. The van der Waals surface area contributed by atoms with Crippen molar-refractivity contribution in [1.82, 2.24) is 9.88 Å². The van der Waals surface area contributed by atoms with Crippen molar-refractivity contribution in [2.24, 2.45) is 5.73 Å². The summed E-state index contributed by atoms with van der Waals surface area (Å²) in [5, 5.41) is 0. The van der Waals surface area contributed by atoms with E-state index in [2.05, 4.69) is 4.98 Å². The van der Waals surface area contributed by atoms with Gasteiger partial charge in [0.05, 0.1) is 11.6 Å². The Bertz CT molecular complexity index is 451. The van der Waals surface area contributed by atoms with Crippen molar-refractivity contribution in [1.29, 1.82) is 0 Å². The van der Waals surface area contributed by atoms with Crippen molar-refractivity contribution in [3.63, 3.8) is 0 Å². The number of carbonyl (C=O) groups is 1. The molecule has 0 aliphatic rings. The summed E-state index contributed by atoms with van der Waals surface area (Å²) in [5.74, 6) is -0.0567. The molecule has 6 heteroatoms. The van der Waals surface area contributed by atoms with E-state index in [1.807, 2.05) is 6.92 Å². The molecule has 104 valence electrons. The maximum atomic E-state index is 12.4. The molecule has 5 nitrogen and oxygen atoms in total. The van der Waals surface area contributed by atoms with Crippen LogP contribution in [0, 0.1) is 6.92 Å². The first-order valence-corrected chi connectivity index (χ1v) is 6.44. The highest BCUT2D eigenvalue weighted by molar-refractivity contribution is 7.80. The SMILES string of the molecule is COCCN(CCC(N)=S)C(=O)c1ccnc(C)c1. The lowest BCUT2D eigenvalue weighted by Gasteiger charge is -2.22. The van der Waals surface area contributed by atoms with Crippen LogP contribution in [-0.2, 0) is 4.74 Å². The van der Waals surface area contributed by atoms with Gasteiger partial charge in [-0.1, -0.05) is 12.2 Å². The quantitative estimate of drug-likeness (QED) is 0.759. The van der Waals surface area contributed by atoms with Gasteiger partial charge in [0.25, 0.3) is 5.91 Å². The Balaban J connectivity index is 2.77. The second kappa shape index (κ2) is 7.81. The van der Waals surface area contributed by atoms with Gasteiger partial charge in [0.1, 0.15) is 0 Å². The third-order valence-corrected chi connectivity index (χ3v) is 2.83. The fraction of sp³-hybridized carbons (Fsp3) is 0.462. The molecule has 1 aromatic rings. The van der Waals surface area contributed by atoms with Gasteiger partial charge in [-0.2, -0.15) is 0 Å². The molecule has 1 amide bonds. The summed E-state index contributed by atoms with van der Waals surface area (Å²) in [4.78, 5) is 18.6. The molecule has 0 atom stereocenters. The first-order valence-electron chi connectivity index (χ1n) is 6.03. The van der Waals surface area contributed by atoms with Crippen LogP contribution in [-0.4, -0.2) is 47.6 Å². The van der Waals surface area contributed by atoms with E-state index in [4.69, 9.17) is 22.7 Å². The number of amides is 1. The van der Waals surface area contributed by atoms with Crippen LogP contribution in [0.4, 0.5) is 0 Å². The number of ether oxygens (including phenoxy) is 1. The number of carbonyl (C=O) groups excluding carboxylic acids is 1. The first-order chi connectivity index (χ1) is 9.04. The second-order valence-corrected chi connectivity index (χ2v) is 4.71. The molecule has 19 heavy (non-hydrogen) atoms. The highest BCUT2D eigenvalue weighted by Crippen LogP contribution is 2.06. The topological polar surface area (TPSA) is 68.5 Å². The van der Waals surface area contributed by atoms with E-state index in [0.29, 0.717) is 36.7 Å². The molecular weight excluding hydrogens is 262 g/mol. The van der Waals surface area contributed by atoms with E-state index in [0.717, 1.165) is 5.69 Å². The number of rotatable bonds is 7. The fourth-order valence-corrected chi connectivity index (χ4v) is 1.71. The summed E-state index contributed by atoms with van der Waals surface area (Å²) in [7, 11) is 1.60. The summed E-state index contributed by atoms with van der Waals surface area (Å²) in [6.07, 6.45) is 2.14. The summed E-state index contributed by atoms with van der Waals surface area (Å²) < 4.78 is 5.02. The molecule has 0 saturated carbocycles. The van der Waals surface area contributed by atoms with Crippen LogP contribution in [0.5, 0.6) is 0 Å². The molecule has 0 fully saturated rings. The lowest BCUT2D eigenvalue weighted by molar-refractivity contribution is 0.0701. The van der Waals surface area contributed by atoms with E-state index in [1.54, 1.807) is 30.3 Å². The number of hydrogen-bond donors (Lipinski definition) is 1. The van der Waals surface area contributed by atoms with Crippen LogP contribution in [0.15, 0.2) is 18.3 Å². The summed E-state index contributed by atoms with van der Waals surface area (Å²) in [5.41, 5.74) is 6.91. The molecular formula is C13H19N3O2S. The van der Waals surface area contributed by atoms with E-state index in [-0.39, 0.29) is 5.91 Å². The lowest BCUT2D eigenvalue weighted by atomic mass is 10.2. The zero-order valence-corrected chi connectivity index (χ0v) is 12.1. The molecule has 0 saturated heterocycles. The van der Waals surface area contributed by atoms with E-state index < -0.39 is 0 Å². The van der Waals surface area contributed by atoms with Crippen LogP contribution in [0.3, 0.4) is 0 Å². The van der Waals surface area contributed by atoms with Gasteiger partial charge < -0.3 is 15.4 Å². The number of methoxy groups -OCH3 is 1. The van der Waals surface area contributed by atoms with Gasteiger partial charge in [-0.15, -0.1) is 0 Å². The Morgan fingerprint density at radius 2 is 2.26 bits per heavy atom. The molecule has 0 radical (unpaired) electrons. The number of pyridine rings is 1. The molecule has 0 bridgehead atoms. The van der Waals surface area contributed by atoms with E-state index >= 15 is 0 Å². The molecule has 2 N–H and O–H groups in total. The smallest absolute Gasteiger partial charge is 0.254 e. The molecule has 0 unspecified atom stereocenters. The van der Waals surface area contributed by atoms with Crippen molar-refractivity contribution < 1.29 is 9.53 Å². The minimum Gasteiger partial charge on any atom is -0.393 e. The summed E-state index contributed by atoms with van der Waals surface area (Å²) >= 11 is 4.85. The van der Waals surface area contributed by atoms with Crippen LogP contribution >= 0.6 is 12.2 Å². The maximum absolute atomic E-state index is 12.4. The second-order valence-electron chi connectivity index (χ2n) is 4.19. The van der Waals surface area contributed by atoms with Gasteiger partial charge in [0, 0.05) is 44.1 Å². The minimum atomic E-state index is -0.0567.